The van der Waals surface area contributed by atoms with E-state index in [0.717, 1.165) is 12.8 Å². The summed E-state index contributed by atoms with van der Waals surface area (Å²) in [4.78, 5) is 9.29. The lowest BCUT2D eigenvalue weighted by Gasteiger charge is -2.04. The van der Waals surface area contributed by atoms with Crippen molar-refractivity contribution in [3.8, 4) is 0 Å². The van der Waals surface area contributed by atoms with Crippen LogP contribution in [0, 0.1) is 0 Å². The van der Waals surface area contributed by atoms with Gasteiger partial charge >= 0.3 is 0 Å². The van der Waals surface area contributed by atoms with Gasteiger partial charge in [-0.3, -0.25) is 0 Å². The molecule has 0 spiro atoms. The number of aliphatic imine (C=N–C) groups is 2. The van der Waals surface area contributed by atoms with Crippen molar-refractivity contribution in [1.29, 1.82) is 0 Å². The van der Waals surface area contributed by atoms with Gasteiger partial charge in [0.1, 0.15) is 13.2 Å². The second kappa shape index (κ2) is 6.87. The van der Waals surface area contributed by atoms with E-state index in [2.05, 4.69) is 34.3 Å². The van der Waals surface area contributed by atoms with E-state index in [1.807, 2.05) is 36.4 Å². The van der Waals surface area contributed by atoms with Crippen LogP contribution in [0.1, 0.15) is 11.1 Å². The number of rotatable bonds is 5. The molecule has 0 radical (unpaired) electrons. The van der Waals surface area contributed by atoms with Crippen LogP contribution in [0.4, 0.5) is 0 Å². The van der Waals surface area contributed by atoms with Crippen molar-refractivity contribution in [1.82, 2.24) is 0 Å². The van der Waals surface area contributed by atoms with Crippen LogP contribution >= 0.6 is 0 Å². The molecular formula is C20H20N2O2. The van der Waals surface area contributed by atoms with E-state index < -0.39 is 0 Å². The predicted molar refractivity (Wildman–Crippen MR) is 94.6 cm³/mol. The van der Waals surface area contributed by atoms with E-state index in [-0.39, 0.29) is 12.1 Å². The highest BCUT2D eigenvalue weighted by Gasteiger charge is 2.29. The van der Waals surface area contributed by atoms with E-state index in [1.54, 1.807) is 0 Å². The molecule has 2 aromatic rings. The highest BCUT2D eigenvalue weighted by atomic mass is 16.5. The topological polar surface area (TPSA) is 43.2 Å². The van der Waals surface area contributed by atoms with E-state index in [0.29, 0.717) is 25.0 Å². The smallest absolute Gasteiger partial charge is 0.273 e. The molecule has 0 aliphatic carbocycles. The van der Waals surface area contributed by atoms with E-state index in [4.69, 9.17) is 9.47 Å². The van der Waals surface area contributed by atoms with Crippen LogP contribution in [0.25, 0.3) is 0 Å². The third-order valence-corrected chi connectivity index (χ3v) is 4.24. The van der Waals surface area contributed by atoms with Crippen molar-refractivity contribution in [3.63, 3.8) is 0 Å². The molecule has 24 heavy (non-hydrogen) atoms. The molecule has 2 atom stereocenters. The lowest BCUT2D eigenvalue weighted by Crippen LogP contribution is -2.14. The number of hydrogen-bond acceptors (Lipinski definition) is 4. The van der Waals surface area contributed by atoms with Gasteiger partial charge in [-0.2, -0.15) is 0 Å². The first-order chi connectivity index (χ1) is 11.9. The molecule has 0 amide bonds. The summed E-state index contributed by atoms with van der Waals surface area (Å²) in [6.07, 6.45) is 1.76. The SMILES string of the molecule is c1ccc(CC2COC(C3=N[C@@H](Cc4ccccc4)CO3)=N2)cc1. The summed E-state index contributed by atoms with van der Waals surface area (Å²) in [7, 11) is 0. The Morgan fingerprint density at radius 1 is 0.667 bits per heavy atom. The largest absolute Gasteiger partial charge is 0.472 e. The van der Waals surface area contributed by atoms with Crippen molar-refractivity contribution < 1.29 is 9.47 Å². The van der Waals surface area contributed by atoms with Gasteiger partial charge < -0.3 is 9.47 Å². The molecule has 1 unspecified atom stereocenters. The summed E-state index contributed by atoms with van der Waals surface area (Å²) >= 11 is 0. The summed E-state index contributed by atoms with van der Waals surface area (Å²) in [5, 5.41) is 0. The maximum Gasteiger partial charge on any atom is 0.273 e. The zero-order valence-corrected chi connectivity index (χ0v) is 13.5. The molecule has 0 N–H and O–H groups in total. The molecule has 0 fully saturated rings. The average Bonchev–Trinajstić information content (AvgIpc) is 3.26. The summed E-state index contributed by atoms with van der Waals surface area (Å²) in [6.45, 7) is 1.19. The molecular weight excluding hydrogens is 300 g/mol. The second-order valence-corrected chi connectivity index (χ2v) is 6.18. The normalized spacial score (nSPS) is 22.5. The van der Waals surface area contributed by atoms with Gasteiger partial charge in [-0.05, 0) is 24.0 Å². The number of nitrogens with zero attached hydrogens (tertiary/aromatic N) is 2. The minimum Gasteiger partial charge on any atom is -0.472 e. The number of hydrogen-bond donors (Lipinski definition) is 0. The zero-order valence-electron chi connectivity index (χ0n) is 13.5. The summed E-state index contributed by atoms with van der Waals surface area (Å²) in [5.41, 5.74) is 2.54. The lowest BCUT2D eigenvalue weighted by molar-refractivity contribution is 0.293. The van der Waals surface area contributed by atoms with Crippen molar-refractivity contribution in [2.45, 2.75) is 24.9 Å². The fourth-order valence-corrected chi connectivity index (χ4v) is 3.05. The molecule has 2 aliphatic heterocycles. The van der Waals surface area contributed by atoms with Crippen LogP contribution in [-0.2, 0) is 22.3 Å². The van der Waals surface area contributed by atoms with Crippen LogP contribution in [0.15, 0.2) is 70.6 Å². The van der Waals surface area contributed by atoms with E-state index in [1.165, 1.54) is 11.1 Å². The van der Waals surface area contributed by atoms with Gasteiger partial charge in [-0.25, -0.2) is 9.98 Å². The molecule has 2 aromatic carbocycles. The third kappa shape index (κ3) is 3.48. The van der Waals surface area contributed by atoms with Gasteiger partial charge in [0.15, 0.2) is 0 Å². The molecule has 122 valence electrons. The van der Waals surface area contributed by atoms with Gasteiger partial charge in [0.05, 0.1) is 12.1 Å². The minimum atomic E-state index is 0.141. The molecule has 4 nitrogen and oxygen atoms in total. The van der Waals surface area contributed by atoms with E-state index in [9.17, 15) is 0 Å². The van der Waals surface area contributed by atoms with Crippen molar-refractivity contribution >= 4 is 11.8 Å². The zero-order chi connectivity index (χ0) is 16.2. The molecule has 4 rings (SSSR count). The molecule has 0 saturated heterocycles. The lowest BCUT2D eigenvalue weighted by atomic mass is 10.1. The monoisotopic (exact) mass is 320 g/mol. The first kappa shape index (κ1) is 14.9. The number of benzene rings is 2. The van der Waals surface area contributed by atoms with Crippen LogP contribution in [0.5, 0.6) is 0 Å². The predicted octanol–water partition coefficient (Wildman–Crippen LogP) is 3.07. The summed E-state index contributed by atoms with van der Waals surface area (Å²) in [6, 6.07) is 21.0. The van der Waals surface area contributed by atoms with Gasteiger partial charge in [0.25, 0.3) is 11.8 Å². The summed E-state index contributed by atoms with van der Waals surface area (Å²) in [5.74, 6) is 1.12. The molecule has 0 saturated carbocycles. The molecule has 2 heterocycles. The Bertz CT molecular complexity index is 675. The van der Waals surface area contributed by atoms with Crippen molar-refractivity contribution in [2.75, 3.05) is 13.2 Å². The standard InChI is InChI=1S/C20H20N2O2/c1-3-7-15(8-4-1)11-17-13-23-19(21-17)20-22-18(14-24-20)12-16-9-5-2-6-10-16/h1-10,17-18H,11-14H2/t17-,18?/m0/s1. The average molecular weight is 320 g/mol. The summed E-state index contributed by atoms with van der Waals surface area (Å²) < 4.78 is 11.4. The van der Waals surface area contributed by atoms with Gasteiger partial charge in [0, 0.05) is 0 Å². The Hall–Kier alpha value is -2.62. The fourth-order valence-electron chi connectivity index (χ4n) is 3.05. The Labute approximate surface area is 141 Å². The van der Waals surface area contributed by atoms with E-state index >= 15 is 0 Å². The van der Waals surface area contributed by atoms with Crippen LogP contribution in [-0.4, -0.2) is 37.1 Å². The first-order valence-electron chi connectivity index (χ1n) is 8.36. The van der Waals surface area contributed by atoms with Crippen molar-refractivity contribution in [3.05, 3.63) is 71.8 Å². The van der Waals surface area contributed by atoms with Gasteiger partial charge in [0.2, 0.25) is 0 Å². The Morgan fingerprint density at radius 3 is 1.50 bits per heavy atom. The Balaban J connectivity index is 1.39. The minimum absolute atomic E-state index is 0.141. The highest BCUT2D eigenvalue weighted by Crippen LogP contribution is 2.17. The molecule has 2 aliphatic rings. The maximum atomic E-state index is 5.71. The maximum absolute atomic E-state index is 5.71. The first-order valence-corrected chi connectivity index (χ1v) is 8.36. The molecule has 0 bridgehead atoms. The van der Waals surface area contributed by atoms with Crippen LogP contribution in [0.2, 0.25) is 0 Å². The molecule has 4 heteroatoms. The number of ether oxygens (including phenoxy) is 2. The Morgan fingerprint density at radius 2 is 1.08 bits per heavy atom. The quantitative estimate of drug-likeness (QED) is 0.850. The highest BCUT2D eigenvalue weighted by molar-refractivity contribution is 6.36. The van der Waals surface area contributed by atoms with Crippen LogP contribution in [0.3, 0.4) is 0 Å². The van der Waals surface area contributed by atoms with Gasteiger partial charge in [-0.15, -0.1) is 0 Å². The fraction of sp³-hybridized carbons (Fsp3) is 0.300. The van der Waals surface area contributed by atoms with Gasteiger partial charge in [-0.1, -0.05) is 60.7 Å². The van der Waals surface area contributed by atoms with Crippen molar-refractivity contribution in [2.24, 2.45) is 9.98 Å². The molecule has 0 aromatic heterocycles. The van der Waals surface area contributed by atoms with Crippen LogP contribution < -0.4 is 0 Å². The second-order valence-electron chi connectivity index (χ2n) is 6.18. The third-order valence-electron chi connectivity index (χ3n) is 4.24. The Kier molecular flexibility index (Phi) is 4.28.